The number of unbranched alkanes of at least 4 members (excludes halogenated alkanes) is 56. The predicted octanol–water partition coefficient (Wildman–Crippen LogP) is 24.2. The number of carboxylic acids is 2. The fraction of sp³-hybridized carbons (Fsp3) is 0.944. The summed E-state index contributed by atoms with van der Waals surface area (Å²) in [6, 6.07) is 0. The Bertz CT molecular complexity index is 1130. The molecule has 0 fully saturated rings. The Hall–Kier alpha value is -2.12. The minimum absolute atomic E-state index is 0.00263. The fourth-order valence-electron chi connectivity index (χ4n) is 11.2. The van der Waals surface area contributed by atoms with Crippen LogP contribution >= 0.6 is 0 Å². The van der Waals surface area contributed by atoms with Crippen LogP contribution in [0.2, 0.25) is 0 Å². The van der Waals surface area contributed by atoms with Crippen LogP contribution < -0.4 is 0 Å². The lowest BCUT2D eigenvalue weighted by Gasteiger charge is -2.06. The van der Waals surface area contributed by atoms with E-state index in [1.165, 1.54) is 321 Å². The van der Waals surface area contributed by atoms with Crippen molar-refractivity contribution in [1.82, 2.24) is 0 Å². The highest BCUT2D eigenvalue weighted by molar-refractivity contribution is 5.69. The van der Waals surface area contributed by atoms with E-state index in [0.29, 0.717) is 38.9 Å². The van der Waals surface area contributed by atoms with Crippen molar-refractivity contribution in [2.45, 2.75) is 425 Å². The number of aliphatic carboxylic acids is 2. The fourth-order valence-corrected chi connectivity index (χ4v) is 11.2. The highest BCUT2D eigenvalue weighted by Gasteiger charge is 2.06. The van der Waals surface area contributed by atoms with Crippen molar-refractivity contribution in [2.75, 3.05) is 13.2 Å². The van der Waals surface area contributed by atoms with Crippen LogP contribution in [0.25, 0.3) is 0 Å². The molecular weight excluding hydrogens is 993 g/mol. The van der Waals surface area contributed by atoms with E-state index in [4.69, 9.17) is 19.7 Å². The van der Waals surface area contributed by atoms with Gasteiger partial charge in [0.2, 0.25) is 0 Å². The van der Waals surface area contributed by atoms with Crippen LogP contribution in [0, 0.1) is 0 Å². The number of hydrogen-bond donors (Lipinski definition) is 2. The Kier molecular flexibility index (Phi) is 72.9. The first-order valence-corrected chi connectivity index (χ1v) is 36.1. The zero-order valence-corrected chi connectivity index (χ0v) is 54.0. The number of rotatable bonds is 68. The van der Waals surface area contributed by atoms with Gasteiger partial charge in [-0.25, -0.2) is 0 Å². The molecule has 2 N–H and O–H groups in total. The summed E-state index contributed by atoms with van der Waals surface area (Å²) in [6.45, 7) is 5.80. The summed E-state index contributed by atoms with van der Waals surface area (Å²) in [5.41, 5.74) is 0. The van der Waals surface area contributed by atoms with Gasteiger partial charge in [-0.15, -0.1) is 0 Å². The molecule has 0 aliphatic heterocycles. The molecule has 0 radical (unpaired) electrons. The molecule has 0 aromatic rings. The zero-order valence-electron chi connectivity index (χ0n) is 54.0. The molecule has 0 unspecified atom stereocenters. The van der Waals surface area contributed by atoms with Crippen molar-refractivity contribution in [3.8, 4) is 0 Å². The number of esters is 2. The molecule has 0 amide bonds. The van der Waals surface area contributed by atoms with Gasteiger partial charge in [0.05, 0.1) is 13.2 Å². The van der Waals surface area contributed by atoms with Crippen LogP contribution in [0.5, 0.6) is 0 Å². The van der Waals surface area contributed by atoms with Gasteiger partial charge in [0, 0.05) is 25.7 Å². The molecule has 0 saturated carbocycles. The number of ether oxygens (including phenoxy) is 2. The lowest BCUT2D eigenvalue weighted by Crippen LogP contribution is -2.05. The van der Waals surface area contributed by atoms with Crippen molar-refractivity contribution < 1.29 is 38.9 Å². The summed E-state index contributed by atoms with van der Waals surface area (Å²) >= 11 is 0. The van der Waals surface area contributed by atoms with E-state index in [2.05, 4.69) is 13.8 Å². The Morgan fingerprint density at radius 1 is 0.200 bits per heavy atom. The predicted molar refractivity (Wildman–Crippen MR) is 344 cm³/mol. The minimum Gasteiger partial charge on any atom is -0.481 e. The van der Waals surface area contributed by atoms with Gasteiger partial charge in [-0.1, -0.05) is 361 Å². The maximum absolute atomic E-state index is 11.9. The van der Waals surface area contributed by atoms with Crippen LogP contribution in [-0.2, 0) is 28.7 Å². The summed E-state index contributed by atoms with van der Waals surface area (Å²) < 4.78 is 10.9. The van der Waals surface area contributed by atoms with Crippen LogP contribution in [0.1, 0.15) is 425 Å². The maximum Gasteiger partial charge on any atom is 0.305 e. The molecule has 0 aliphatic rings. The van der Waals surface area contributed by atoms with Crippen molar-refractivity contribution in [3.63, 3.8) is 0 Å². The Morgan fingerprint density at radius 2 is 0.338 bits per heavy atom. The van der Waals surface area contributed by atoms with E-state index in [9.17, 15) is 19.2 Å². The molecule has 0 aromatic carbocycles. The van der Waals surface area contributed by atoms with Gasteiger partial charge in [-0.3, -0.25) is 19.2 Å². The third-order valence-corrected chi connectivity index (χ3v) is 16.6. The third kappa shape index (κ3) is 77.9. The molecule has 8 nitrogen and oxygen atoms in total. The Balaban J connectivity index is 0. The van der Waals surface area contributed by atoms with Gasteiger partial charge in [0.1, 0.15) is 0 Å². The van der Waals surface area contributed by atoms with Crippen molar-refractivity contribution in [2.24, 2.45) is 0 Å². The Morgan fingerprint density at radius 3 is 0.500 bits per heavy atom. The molecular formula is C72H140O8. The molecule has 8 heteroatoms. The first-order valence-electron chi connectivity index (χ1n) is 36.1. The quantitative estimate of drug-likeness (QED) is 0.0455. The van der Waals surface area contributed by atoms with E-state index < -0.39 is 11.9 Å². The van der Waals surface area contributed by atoms with Crippen LogP contribution in [0.3, 0.4) is 0 Å². The topological polar surface area (TPSA) is 127 Å². The summed E-state index contributed by atoms with van der Waals surface area (Å²) in [5.74, 6) is -1.33. The maximum atomic E-state index is 11.9. The van der Waals surface area contributed by atoms with Crippen molar-refractivity contribution in [3.05, 3.63) is 0 Å². The van der Waals surface area contributed by atoms with Gasteiger partial charge < -0.3 is 19.7 Å². The van der Waals surface area contributed by atoms with Gasteiger partial charge in [0.15, 0.2) is 0 Å². The molecule has 80 heavy (non-hydrogen) atoms. The van der Waals surface area contributed by atoms with E-state index in [1.54, 1.807) is 0 Å². The second-order valence-corrected chi connectivity index (χ2v) is 24.7. The zero-order chi connectivity index (χ0) is 58.4. The lowest BCUT2D eigenvalue weighted by atomic mass is 10.0. The number of carboxylic acid groups (broad SMARTS) is 2. The van der Waals surface area contributed by atoms with Crippen LogP contribution in [0.15, 0.2) is 0 Å². The summed E-state index contributed by atoms with van der Waals surface area (Å²) in [4.78, 5) is 44.8. The van der Waals surface area contributed by atoms with Crippen molar-refractivity contribution in [1.29, 1.82) is 0 Å². The Labute approximate surface area is 498 Å². The van der Waals surface area contributed by atoms with Crippen LogP contribution in [0.4, 0.5) is 0 Å². The first kappa shape index (κ1) is 79.9. The summed E-state index contributed by atoms with van der Waals surface area (Å²) in [6.07, 6.45) is 79.3. The second-order valence-electron chi connectivity index (χ2n) is 24.7. The number of hydrogen-bond acceptors (Lipinski definition) is 6. The number of carbonyl (C=O) groups is 4. The average molecular weight is 1130 g/mol. The van der Waals surface area contributed by atoms with Gasteiger partial charge in [-0.05, 0) is 38.5 Å². The van der Waals surface area contributed by atoms with Crippen LogP contribution in [-0.4, -0.2) is 47.3 Å². The molecule has 0 saturated heterocycles. The number of carbonyl (C=O) groups excluding carboxylic acids is 2. The molecule has 0 heterocycles. The summed E-state index contributed by atoms with van der Waals surface area (Å²) in [7, 11) is 0. The molecule has 0 aromatic heterocycles. The smallest absolute Gasteiger partial charge is 0.305 e. The van der Waals surface area contributed by atoms with Gasteiger partial charge in [-0.2, -0.15) is 0 Å². The van der Waals surface area contributed by atoms with E-state index in [-0.39, 0.29) is 11.9 Å². The average Bonchev–Trinajstić information content (AvgIpc) is 3.44. The molecule has 0 bridgehead atoms. The third-order valence-electron chi connectivity index (χ3n) is 16.6. The first-order chi connectivity index (χ1) is 39.3. The highest BCUT2D eigenvalue weighted by atomic mass is 16.5. The molecule has 0 rings (SSSR count). The largest absolute Gasteiger partial charge is 0.481 e. The minimum atomic E-state index is -0.668. The van der Waals surface area contributed by atoms with Crippen molar-refractivity contribution >= 4 is 23.9 Å². The molecule has 0 spiro atoms. The molecule has 476 valence electrons. The molecule has 0 aliphatic carbocycles. The SMILES string of the molecule is CCCCCCCCCCCCCCCCCCOC(=O)CCCCCCCCCCCCCCCCC(=O)O.CCCCCCCCCCCCCCCCCCOC(=O)CCCCCCCCCCCCCCCCC(=O)O. The monoisotopic (exact) mass is 1130 g/mol. The van der Waals surface area contributed by atoms with Gasteiger partial charge >= 0.3 is 23.9 Å². The van der Waals surface area contributed by atoms with E-state index in [1.807, 2.05) is 0 Å². The lowest BCUT2D eigenvalue weighted by molar-refractivity contribution is -0.144. The second kappa shape index (κ2) is 73.0. The highest BCUT2D eigenvalue weighted by Crippen LogP contribution is 2.19. The van der Waals surface area contributed by atoms with E-state index in [0.717, 1.165) is 64.2 Å². The van der Waals surface area contributed by atoms with E-state index >= 15 is 0 Å². The summed E-state index contributed by atoms with van der Waals surface area (Å²) in [5, 5.41) is 17.2. The molecule has 0 atom stereocenters. The van der Waals surface area contributed by atoms with Gasteiger partial charge in [0.25, 0.3) is 0 Å². The normalized spacial score (nSPS) is 11.2. The standard InChI is InChI=1S/2C36H70O4/c2*1-2-3-4-5-6-7-8-9-10-13-16-19-22-25-28-31-34-40-36(39)33-30-27-24-21-18-15-12-11-14-17-20-23-26-29-32-35(37)38/h2*2-34H2,1H3,(H,37,38).